The number of aromatic nitrogens is 1. The third kappa shape index (κ3) is 6.26. The Labute approximate surface area is 138 Å². The SMILES string of the molecule is COCCNCC(Cc1ccc(Br)cc1)Cc1cncs1. The Balaban J connectivity index is 1.91. The summed E-state index contributed by atoms with van der Waals surface area (Å²) in [6, 6.07) is 8.60. The van der Waals surface area contributed by atoms with Crippen molar-refractivity contribution in [2.75, 3.05) is 26.8 Å². The second-order valence-electron chi connectivity index (χ2n) is 5.07. The average Bonchev–Trinajstić information content (AvgIpc) is 2.99. The molecule has 0 saturated heterocycles. The number of nitrogens with one attached hydrogen (secondary N) is 1. The van der Waals surface area contributed by atoms with Gasteiger partial charge in [-0.2, -0.15) is 0 Å². The van der Waals surface area contributed by atoms with Gasteiger partial charge in [0.2, 0.25) is 0 Å². The first-order valence-corrected chi connectivity index (χ1v) is 8.76. The second-order valence-corrected chi connectivity index (χ2v) is 6.95. The first kappa shape index (κ1) is 16.6. The molecular weight excluding hydrogens is 348 g/mol. The van der Waals surface area contributed by atoms with Crippen LogP contribution >= 0.6 is 27.3 Å². The van der Waals surface area contributed by atoms with Crippen molar-refractivity contribution in [1.29, 1.82) is 0 Å². The summed E-state index contributed by atoms with van der Waals surface area (Å²) in [5, 5.41) is 3.48. The third-order valence-electron chi connectivity index (χ3n) is 3.33. The lowest BCUT2D eigenvalue weighted by atomic mass is 9.95. The van der Waals surface area contributed by atoms with E-state index in [2.05, 4.69) is 50.5 Å². The largest absolute Gasteiger partial charge is 0.383 e. The average molecular weight is 369 g/mol. The van der Waals surface area contributed by atoms with Gasteiger partial charge < -0.3 is 10.1 Å². The number of thiazole rings is 1. The van der Waals surface area contributed by atoms with Crippen LogP contribution in [0.5, 0.6) is 0 Å². The highest BCUT2D eigenvalue weighted by molar-refractivity contribution is 9.10. The minimum absolute atomic E-state index is 0.573. The highest BCUT2D eigenvalue weighted by Crippen LogP contribution is 2.18. The van der Waals surface area contributed by atoms with E-state index in [1.165, 1.54) is 10.4 Å². The van der Waals surface area contributed by atoms with Gasteiger partial charge in [0.05, 0.1) is 12.1 Å². The summed E-state index contributed by atoms with van der Waals surface area (Å²) in [5.74, 6) is 0.573. The summed E-state index contributed by atoms with van der Waals surface area (Å²) in [6.45, 7) is 2.65. The molecular formula is C16H21BrN2OS. The monoisotopic (exact) mass is 368 g/mol. The highest BCUT2D eigenvalue weighted by Gasteiger charge is 2.12. The highest BCUT2D eigenvalue weighted by atomic mass is 79.9. The Hall–Kier alpha value is -0.750. The molecule has 0 bridgehead atoms. The zero-order valence-electron chi connectivity index (χ0n) is 12.2. The quantitative estimate of drug-likeness (QED) is 0.687. The molecule has 1 aromatic carbocycles. The van der Waals surface area contributed by atoms with Crippen LogP contribution in [0.2, 0.25) is 0 Å². The van der Waals surface area contributed by atoms with Crippen molar-refractivity contribution in [2.24, 2.45) is 5.92 Å². The molecule has 1 heterocycles. The fourth-order valence-corrected chi connectivity index (χ4v) is 3.25. The fourth-order valence-electron chi connectivity index (χ4n) is 2.28. The van der Waals surface area contributed by atoms with Gasteiger partial charge in [0.15, 0.2) is 0 Å². The third-order valence-corrected chi connectivity index (χ3v) is 4.66. The maximum absolute atomic E-state index is 5.09. The first-order chi connectivity index (χ1) is 10.3. The predicted molar refractivity (Wildman–Crippen MR) is 91.9 cm³/mol. The van der Waals surface area contributed by atoms with Crippen LogP contribution in [0, 0.1) is 5.92 Å². The molecule has 0 amide bonds. The molecule has 21 heavy (non-hydrogen) atoms. The Kier molecular flexibility index (Phi) is 7.36. The molecule has 1 aromatic heterocycles. The summed E-state index contributed by atoms with van der Waals surface area (Å²) in [5.41, 5.74) is 3.28. The van der Waals surface area contributed by atoms with Gasteiger partial charge in [-0.25, -0.2) is 0 Å². The molecule has 1 atom stereocenters. The number of hydrogen-bond acceptors (Lipinski definition) is 4. The van der Waals surface area contributed by atoms with Gasteiger partial charge in [0.25, 0.3) is 0 Å². The van der Waals surface area contributed by atoms with Crippen LogP contribution in [-0.4, -0.2) is 31.8 Å². The van der Waals surface area contributed by atoms with E-state index in [1.807, 2.05) is 11.7 Å². The Morgan fingerprint density at radius 3 is 2.76 bits per heavy atom. The van der Waals surface area contributed by atoms with Gasteiger partial charge in [-0.05, 0) is 43.0 Å². The van der Waals surface area contributed by atoms with E-state index in [4.69, 9.17) is 4.74 Å². The molecule has 1 N–H and O–H groups in total. The van der Waals surface area contributed by atoms with Crippen LogP contribution in [0.1, 0.15) is 10.4 Å². The second kappa shape index (κ2) is 9.30. The molecule has 5 heteroatoms. The minimum Gasteiger partial charge on any atom is -0.383 e. The number of rotatable bonds is 9. The number of hydrogen-bond donors (Lipinski definition) is 1. The molecule has 0 fully saturated rings. The van der Waals surface area contributed by atoms with Crippen LogP contribution in [0.25, 0.3) is 0 Å². The van der Waals surface area contributed by atoms with Gasteiger partial charge in [-0.15, -0.1) is 11.3 Å². The van der Waals surface area contributed by atoms with E-state index in [-0.39, 0.29) is 0 Å². The van der Waals surface area contributed by atoms with Crippen LogP contribution in [-0.2, 0) is 17.6 Å². The normalized spacial score (nSPS) is 12.5. The molecule has 1 unspecified atom stereocenters. The van der Waals surface area contributed by atoms with Crippen molar-refractivity contribution in [1.82, 2.24) is 10.3 Å². The van der Waals surface area contributed by atoms with Gasteiger partial charge in [0, 0.05) is 29.2 Å². The first-order valence-electron chi connectivity index (χ1n) is 7.09. The van der Waals surface area contributed by atoms with Crippen molar-refractivity contribution in [3.8, 4) is 0 Å². The van der Waals surface area contributed by atoms with E-state index in [0.29, 0.717) is 5.92 Å². The van der Waals surface area contributed by atoms with Crippen LogP contribution in [0.4, 0.5) is 0 Å². The molecule has 0 aliphatic rings. The zero-order chi connectivity index (χ0) is 14.9. The van der Waals surface area contributed by atoms with Crippen molar-refractivity contribution in [3.63, 3.8) is 0 Å². The molecule has 0 saturated carbocycles. The van der Waals surface area contributed by atoms with E-state index in [0.717, 1.165) is 37.0 Å². The molecule has 2 rings (SSSR count). The number of benzene rings is 1. The van der Waals surface area contributed by atoms with Crippen LogP contribution in [0.15, 0.2) is 40.4 Å². The fraction of sp³-hybridized carbons (Fsp3) is 0.438. The molecule has 114 valence electrons. The lowest BCUT2D eigenvalue weighted by Crippen LogP contribution is -2.28. The predicted octanol–water partition coefficient (Wildman–Crippen LogP) is 3.54. The maximum atomic E-state index is 5.09. The van der Waals surface area contributed by atoms with Crippen molar-refractivity contribution in [2.45, 2.75) is 12.8 Å². The van der Waals surface area contributed by atoms with Gasteiger partial charge in [0.1, 0.15) is 0 Å². The van der Waals surface area contributed by atoms with E-state index >= 15 is 0 Å². The van der Waals surface area contributed by atoms with E-state index in [1.54, 1.807) is 18.4 Å². The number of nitrogens with zero attached hydrogens (tertiary/aromatic N) is 1. The summed E-state index contributed by atoms with van der Waals surface area (Å²) < 4.78 is 6.21. The molecule has 0 radical (unpaired) electrons. The Morgan fingerprint density at radius 1 is 1.29 bits per heavy atom. The van der Waals surface area contributed by atoms with E-state index < -0.39 is 0 Å². The molecule has 0 spiro atoms. The topological polar surface area (TPSA) is 34.1 Å². The minimum atomic E-state index is 0.573. The zero-order valence-corrected chi connectivity index (χ0v) is 14.6. The Morgan fingerprint density at radius 2 is 2.10 bits per heavy atom. The summed E-state index contributed by atoms with van der Waals surface area (Å²) in [4.78, 5) is 5.53. The van der Waals surface area contributed by atoms with E-state index in [9.17, 15) is 0 Å². The molecule has 0 aliphatic carbocycles. The van der Waals surface area contributed by atoms with Crippen molar-refractivity contribution < 1.29 is 4.74 Å². The molecule has 3 nitrogen and oxygen atoms in total. The lowest BCUT2D eigenvalue weighted by Gasteiger charge is -2.17. The number of methoxy groups -OCH3 is 1. The summed E-state index contributed by atoms with van der Waals surface area (Å²) in [6.07, 6.45) is 4.13. The van der Waals surface area contributed by atoms with Gasteiger partial charge in [-0.1, -0.05) is 28.1 Å². The summed E-state index contributed by atoms with van der Waals surface area (Å²) in [7, 11) is 1.73. The molecule has 2 aromatic rings. The lowest BCUT2D eigenvalue weighted by molar-refractivity contribution is 0.197. The van der Waals surface area contributed by atoms with Crippen LogP contribution in [0.3, 0.4) is 0 Å². The van der Waals surface area contributed by atoms with Crippen LogP contribution < -0.4 is 5.32 Å². The standard InChI is InChI=1S/C16H21BrN2OS/c1-20-7-6-18-10-14(9-16-11-19-12-21-16)8-13-2-4-15(17)5-3-13/h2-5,11-12,14,18H,6-10H2,1H3. The maximum Gasteiger partial charge on any atom is 0.0794 e. The smallest absolute Gasteiger partial charge is 0.0794 e. The van der Waals surface area contributed by atoms with Crippen molar-refractivity contribution in [3.05, 3.63) is 50.9 Å². The Bertz CT molecular complexity index is 502. The molecule has 0 aliphatic heterocycles. The summed E-state index contributed by atoms with van der Waals surface area (Å²) >= 11 is 5.22. The van der Waals surface area contributed by atoms with Gasteiger partial charge >= 0.3 is 0 Å². The number of halogens is 1. The number of ether oxygens (including phenoxy) is 1. The van der Waals surface area contributed by atoms with Gasteiger partial charge in [-0.3, -0.25) is 4.98 Å². The van der Waals surface area contributed by atoms with Crippen molar-refractivity contribution >= 4 is 27.3 Å².